The molecule has 3 aromatic rings. The summed E-state index contributed by atoms with van der Waals surface area (Å²) in [5, 5.41) is 15.2. The number of nitro benzene ring substituents is 1. The lowest BCUT2D eigenvalue weighted by Crippen LogP contribution is -2.11. The summed E-state index contributed by atoms with van der Waals surface area (Å²) in [5.74, 6) is -0.397. The van der Waals surface area contributed by atoms with Gasteiger partial charge in [0.25, 0.3) is 11.6 Å². The molecule has 0 aliphatic rings. The summed E-state index contributed by atoms with van der Waals surface area (Å²) in [6, 6.07) is 13.4. The highest BCUT2D eigenvalue weighted by atomic mass is 35.5. The fourth-order valence-corrected chi connectivity index (χ4v) is 3.24. The number of hydrogen-bond donors (Lipinski definition) is 1. The molecule has 1 amide bonds. The van der Waals surface area contributed by atoms with E-state index in [1.807, 2.05) is 30.3 Å². The van der Waals surface area contributed by atoms with Crippen LogP contribution in [0, 0.1) is 10.1 Å². The summed E-state index contributed by atoms with van der Waals surface area (Å²) in [6.07, 6.45) is 0. The van der Waals surface area contributed by atoms with Gasteiger partial charge in [0, 0.05) is 16.8 Å². The number of anilines is 1. The lowest BCUT2D eigenvalue weighted by Gasteiger charge is -2.04. The normalized spacial score (nSPS) is 10.6. The first-order chi connectivity index (χ1) is 10.5. The molecule has 1 heterocycles. The third-order valence-electron chi connectivity index (χ3n) is 3.07. The van der Waals surface area contributed by atoms with Gasteiger partial charge in [-0.3, -0.25) is 14.9 Å². The predicted octanol–water partition coefficient (Wildman–Crippen LogP) is 4.72. The van der Waals surface area contributed by atoms with Gasteiger partial charge in [0.1, 0.15) is 0 Å². The maximum Gasteiger partial charge on any atom is 0.270 e. The van der Waals surface area contributed by atoms with Crippen molar-refractivity contribution in [2.45, 2.75) is 0 Å². The van der Waals surface area contributed by atoms with Crippen LogP contribution in [-0.4, -0.2) is 10.8 Å². The first-order valence-electron chi connectivity index (χ1n) is 6.28. The quantitative estimate of drug-likeness (QED) is 0.557. The Morgan fingerprint density at radius 3 is 2.64 bits per heavy atom. The number of benzene rings is 2. The van der Waals surface area contributed by atoms with Crippen LogP contribution >= 0.6 is 22.9 Å². The minimum absolute atomic E-state index is 0.0489. The Balaban J connectivity index is 1.86. The molecular weight excluding hydrogens is 324 g/mol. The van der Waals surface area contributed by atoms with E-state index in [-0.39, 0.29) is 16.3 Å². The van der Waals surface area contributed by atoms with Crippen molar-refractivity contribution in [2.75, 3.05) is 5.32 Å². The topological polar surface area (TPSA) is 72.2 Å². The summed E-state index contributed by atoms with van der Waals surface area (Å²) in [7, 11) is 0. The second kappa shape index (κ2) is 5.75. The molecule has 110 valence electrons. The van der Waals surface area contributed by atoms with E-state index in [1.54, 1.807) is 0 Å². The summed E-state index contributed by atoms with van der Waals surface area (Å²) in [6.45, 7) is 0. The molecule has 2 aromatic carbocycles. The minimum atomic E-state index is -0.556. The van der Waals surface area contributed by atoms with Crippen molar-refractivity contribution in [3.05, 3.63) is 69.2 Å². The first-order valence-corrected chi connectivity index (χ1v) is 7.48. The number of hydrogen-bond acceptors (Lipinski definition) is 4. The number of nitro groups is 1. The number of thiophene rings is 1. The number of carbonyl (C=O) groups is 1. The van der Waals surface area contributed by atoms with Crippen LogP contribution in [0.4, 0.5) is 10.7 Å². The molecule has 7 heteroatoms. The minimum Gasteiger partial charge on any atom is -0.313 e. The van der Waals surface area contributed by atoms with Gasteiger partial charge in [0.15, 0.2) is 0 Å². The molecule has 0 radical (unpaired) electrons. The number of rotatable bonds is 3. The van der Waals surface area contributed by atoms with E-state index in [0.717, 1.165) is 10.1 Å². The number of nitrogens with zero attached hydrogens (tertiary/aromatic N) is 1. The van der Waals surface area contributed by atoms with Crippen LogP contribution < -0.4 is 5.32 Å². The molecule has 0 fully saturated rings. The molecular formula is C15H9ClN2O3S. The number of halogens is 1. The van der Waals surface area contributed by atoms with Gasteiger partial charge in [-0.05, 0) is 23.6 Å². The highest BCUT2D eigenvalue weighted by Gasteiger charge is 2.15. The van der Waals surface area contributed by atoms with Crippen LogP contribution in [0.5, 0.6) is 0 Å². The Hall–Kier alpha value is -2.44. The first kappa shape index (κ1) is 14.5. The number of nitrogens with one attached hydrogen (secondary N) is 1. The van der Waals surface area contributed by atoms with E-state index < -0.39 is 10.8 Å². The van der Waals surface area contributed by atoms with E-state index >= 15 is 0 Å². The Morgan fingerprint density at radius 2 is 1.95 bits per heavy atom. The molecule has 22 heavy (non-hydrogen) atoms. The Morgan fingerprint density at radius 1 is 1.18 bits per heavy atom. The number of non-ortho nitro benzene ring substituents is 1. The van der Waals surface area contributed by atoms with Crippen molar-refractivity contribution < 1.29 is 9.72 Å². The highest BCUT2D eigenvalue weighted by molar-refractivity contribution is 7.23. The van der Waals surface area contributed by atoms with Crippen LogP contribution in [0.3, 0.4) is 0 Å². The second-order valence-electron chi connectivity index (χ2n) is 4.52. The van der Waals surface area contributed by atoms with E-state index in [0.29, 0.717) is 5.00 Å². The van der Waals surface area contributed by atoms with Gasteiger partial charge in [-0.1, -0.05) is 29.8 Å². The number of fused-ring (bicyclic) bond motifs is 1. The van der Waals surface area contributed by atoms with Gasteiger partial charge in [-0.15, -0.1) is 11.3 Å². The van der Waals surface area contributed by atoms with E-state index in [2.05, 4.69) is 5.32 Å². The lowest BCUT2D eigenvalue weighted by atomic mass is 10.2. The fourth-order valence-electron chi connectivity index (χ4n) is 2.02. The smallest absolute Gasteiger partial charge is 0.270 e. The number of amides is 1. The molecule has 1 N–H and O–H groups in total. The van der Waals surface area contributed by atoms with Crippen molar-refractivity contribution in [3.63, 3.8) is 0 Å². The van der Waals surface area contributed by atoms with Crippen LogP contribution in [0.2, 0.25) is 5.02 Å². The van der Waals surface area contributed by atoms with Crippen LogP contribution in [0.1, 0.15) is 10.4 Å². The molecule has 0 aliphatic carbocycles. The zero-order valence-corrected chi connectivity index (χ0v) is 12.6. The van der Waals surface area contributed by atoms with Crippen molar-refractivity contribution >= 4 is 49.6 Å². The van der Waals surface area contributed by atoms with E-state index in [9.17, 15) is 14.9 Å². The van der Waals surface area contributed by atoms with Crippen LogP contribution in [-0.2, 0) is 0 Å². The molecule has 0 saturated carbocycles. The second-order valence-corrected chi connectivity index (χ2v) is 6.01. The summed E-state index contributed by atoms with van der Waals surface area (Å²) in [5.41, 5.74) is 0.0492. The highest BCUT2D eigenvalue weighted by Crippen LogP contribution is 2.30. The van der Waals surface area contributed by atoms with Gasteiger partial charge >= 0.3 is 0 Å². The van der Waals surface area contributed by atoms with Gasteiger partial charge in [0.05, 0.1) is 20.5 Å². The molecule has 0 saturated heterocycles. The van der Waals surface area contributed by atoms with E-state index in [1.165, 1.54) is 29.5 Å². The standard InChI is InChI=1S/C15H9ClN2O3S/c16-12-8-10(18(20)21)5-6-11(12)15(19)17-14-7-9-3-1-2-4-13(9)22-14/h1-8H,(H,17,19). The van der Waals surface area contributed by atoms with Crippen LogP contribution in [0.15, 0.2) is 48.5 Å². The maximum absolute atomic E-state index is 12.2. The third kappa shape index (κ3) is 2.79. The lowest BCUT2D eigenvalue weighted by molar-refractivity contribution is -0.384. The zero-order valence-electron chi connectivity index (χ0n) is 11.1. The Bertz CT molecular complexity index is 858. The largest absolute Gasteiger partial charge is 0.313 e. The third-order valence-corrected chi connectivity index (χ3v) is 4.41. The monoisotopic (exact) mass is 332 g/mol. The molecule has 0 bridgehead atoms. The fraction of sp³-hybridized carbons (Fsp3) is 0. The van der Waals surface area contributed by atoms with Gasteiger partial charge in [-0.2, -0.15) is 0 Å². The molecule has 0 atom stereocenters. The van der Waals surface area contributed by atoms with Crippen molar-refractivity contribution in [3.8, 4) is 0 Å². The van der Waals surface area contributed by atoms with Gasteiger partial charge in [-0.25, -0.2) is 0 Å². The van der Waals surface area contributed by atoms with Crippen molar-refractivity contribution in [1.29, 1.82) is 0 Å². The average molecular weight is 333 g/mol. The average Bonchev–Trinajstić information content (AvgIpc) is 2.88. The van der Waals surface area contributed by atoms with Crippen molar-refractivity contribution in [1.82, 2.24) is 0 Å². The SMILES string of the molecule is O=C(Nc1cc2ccccc2s1)c1ccc([N+](=O)[O-])cc1Cl. The Labute approximate surface area is 134 Å². The van der Waals surface area contributed by atoms with Gasteiger partial charge < -0.3 is 5.32 Å². The van der Waals surface area contributed by atoms with Gasteiger partial charge in [0.2, 0.25) is 0 Å². The molecule has 0 spiro atoms. The summed E-state index contributed by atoms with van der Waals surface area (Å²) >= 11 is 7.40. The van der Waals surface area contributed by atoms with E-state index in [4.69, 9.17) is 11.6 Å². The Kier molecular flexibility index (Phi) is 3.79. The summed E-state index contributed by atoms with van der Waals surface area (Å²) in [4.78, 5) is 22.4. The maximum atomic E-state index is 12.2. The molecule has 1 aromatic heterocycles. The van der Waals surface area contributed by atoms with Crippen molar-refractivity contribution in [2.24, 2.45) is 0 Å². The number of carbonyl (C=O) groups excluding carboxylic acids is 1. The summed E-state index contributed by atoms with van der Waals surface area (Å²) < 4.78 is 1.06. The molecule has 0 aliphatic heterocycles. The zero-order chi connectivity index (χ0) is 15.7. The molecule has 0 unspecified atom stereocenters. The van der Waals surface area contributed by atoms with Crippen LogP contribution in [0.25, 0.3) is 10.1 Å². The predicted molar refractivity (Wildman–Crippen MR) is 87.9 cm³/mol. The molecule has 5 nitrogen and oxygen atoms in total. The molecule has 3 rings (SSSR count).